The second-order valence-corrected chi connectivity index (χ2v) is 8.46. The first kappa shape index (κ1) is 19.7. The van der Waals surface area contributed by atoms with Gasteiger partial charge in [-0.05, 0) is 57.3 Å². The zero-order valence-electron chi connectivity index (χ0n) is 17.5. The van der Waals surface area contributed by atoms with Gasteiger partial charge < -0.3 is 15.1 Å². The van der Waals surface area contributed by atoms with E-state index in [4.69, 9.17) is 4.42 Å². The summed E-state index contributed by atoms with van der Waals surface area (Å²) in [5.41, 5.74) is 2.33. The predicted molar refractivity (Wildman–Crippen MR) is 120 cm³/mol. The summed E-state index contributed by atoms with van der Waals surface area (Å²) in [7, 11) is 0. The van der Waals surface area contributed by atoms with Crippen molar-refractivity contribution in [2.45, 2.75) is 33.2 Å². The topological polar surface area (TPSA) is 71.3 Å². The minimum atomic E-state index is -0.320. The van der Waals surface area contributed by atoms with E-state index in [0.29, 0.717) is 16.8 Å². The Balaban J connectivity index is 1.58. The van der Waals surface area contributed by atoms with Crippen LogP contribution < -0.4 is 10.6 Å². The molecule has 0 saturated heterocycles. The molecule has 1 aromatic heterocycles. The van der Waals surface area contributed by atoms with Gasteiger partial charge in [0, 0.05) is 33.1 Å². The smallest absolute Gasteiger partial charge is 0.291 e. The minimum absolute atomic E-state index is 0.152. The molecular weight excluding hydrogens is 376 g/mol. The number of benzene rings is 3. The standard InChI is InChI=1S/C25H24N2O3/c1-15-19-14-11-16-7-5-6-8-20(16)22(19)30-21(15)24(29)26-18-12-9-17(10-13-18)23(28)27-25(2,3)4/h5-14H,1-4H3,(H,26,29)(H,27,28). The fourth-order valence-corrected chi connectivity index (χ4v) is 3.47. The molecular formula is C25H24N2O3. The molecule has 5 heteroatoms. The average molecular weight is 400 g/mol. The van der Waals surface area contributed by atoms with Gasteiger partial charge >= 0.3 is 0 Å². The van der Waals surface area contributed by atoms with Gasteiger partial charge in [-0.1, -0.05) is 36.4 Å². The van der Waals surface area contributed by atoms with Crippen LogP contribution in [-0.2, 0) is 0 Å². The molecule has 0 saturated carbocycles. The van der Waals surface area contributed by atoms with Crippen LogP contribution in [0.3, 0.4) is 0 Å². The summed E-state index contributed by atoms with van der Waals surface area (Å²) < 4.78 is 5.99. The van der Waals surface area contributed by atoms with Gasteiger partial charge in [0.05, 0.1) is 0 Å². The monoisotopic (exact) mass is 400 g/mol. The molecule has 0 fully saturated rings. The molecule has 0 unspecified atom stereocenters. The summed E-state index contributed by atoms with van der Waals surface area (Å²) in [4.78, 5) is 25.1. The van der Waals surface area contributed by atoms with Crippen LogP contribution >= 0.6 is 0 Å². The lowest BCUT2D eigenvalue weighted by Gasteiger charge is -2.20. The van der Waals surface area contributed by atoms with Gasteiger partial charge in [-0.25, -0.2) is 0 Å². The zero-order chi connectivity index (χ0) is 21.5. The highest BCUT2D eigenvalue weighted by Crippen LogP contribution is 2.32. The maximum atomic E-state index is 12.9. The van der Waals surface area contributed by atoms with Crippen molar-refractivity contribution in [3.8, 4) is 0 Å². The molecule has 1 heterocycles. The highest BCUT2D eigenvalue weighted by molar-refractivity contribution is 6.11. The van der Waals surface area contributed by atoms with E-state index >= 15 is 0 Å². The van der Waals surface area contributed by atoms with Gasteiger partial charge in [-0.2, -0.15) is 0 Å². The van der Waals surface area contributed by atoms with Crippen molar-refractivity contribution in [1.82, 2.24) is 5.32 Å². The first-order valence-corrected chi connectivity index (χ1v) is 9.88. The Bertz CT molecular complexity index is 1260. The van der Waals surface area contributed by atoms with Crippen molar-refractivity contribution in [2.75, 3.05) is 5.32 Å². The number of carbonyl (C=O) groups is 2. The van der Waals surface area contributed by atoms with Crippen molar-refractivity contribution in [3.05, 3.63) is 77.6 Å². The molecule has 0 spiro atoms. The quantitative estimate of drug-likeness (QED) is 0.465. The Kier molecular flexibility index (Phi) is 4.82. The molecule has 2 amide bonds. The second kappa shape index (κ2) is 7.34. The number of hydrogen-bond acceptors (Lipinski definition) is 3. The number of nitrogens with one attached hydrogen (secondary N) is 2. The van der Waals surface area contributed by atoms with Gasteiger partial charge in [-0.3, -0.25) is 9.59 Å². The summed E-state index contributed by atoms with van der Waals surface area (Å²) in [5.74, 6) is -0.184. The SMILES string of the molecule is Cc1c(C(=O)Nc2ccc(C(=O)NC(C)(C)C)cc2)oc2c1ccc1ccccc12. The van der Waals surface area contributed by atoms with Crippen LogP contribution in [-0.4, -0.2) is 17.4 Å². The average Bonchev–Trinajstić information content (AvgIpc) is 3.04. The Morgan fingerprint density at radius 3 is 2.23 bits per heavy atom. The van der Waals surface area contributed by atoms with Gasteiger partial charge in [0.1, 0.15) is 5.58 Å². The molecule has 5 nitrogen and oxygen atoms in total. The number of carbonyl (C=O) groups excluding carboxylic acids is 2. The molecule has 0 atom stereocenters. The molecule has 0 radical (unpaired) electrons. The Labute approximate surface area is 175 Å². The third-order valence-corrected chi connectivity index (χ3v) is 4.93. The van der Waals surface area contributed by atoms with Gasteiger partial charge in [0.25, 0.3) is 11.8 Å². The van der Waals surface area contributed by atoms with E-state index in [0.717, 1.165) is 21.7 Å². The molecule has 0 bridgehead atoms. The highest BCUT2D eigenvalue weighted by atomic mass is 16.3. The molecule has 30 heavy (non-hydrogen) atoms. The highest BCUT2D eigenvalue weighted by Gasteiger charge is 2.20. The zero-order valence-corrected chi connectivity index (χ0v) is 17.5. The predicted octanol–water partition coefficient (Wildman–Crippen LogP) is 5.68. The second-order valence-electron chi connectivity index (χ2n) is 8.46. The molecule has 3 aromatic carbocycles. The van der Waals surface area contributed by atoms with Crippen molar-refractivity contribution >= 4 is 39.2 Å². The van der Waals surface area contributed by atoms with Crippen LogP contribution in [0.25, 0.3) is 21.7 Å². The molecule has 4 rings (SSSR count). The number of amides is 2. The van der Waals surface area contributed by atoms with E-state index in [1.807, 2.05) is 64.1 Å². The van der Waals surface area contributed by atoms with Crippen LogP contribution in [0.15, 0.2) is 65.1 Å². The molecule has 152 valence electrons. The van der Waals surface area contributed by atoms with Crippen LogP contribution in [0.2, 0.25) is 0 Å². The third kappa shape index (κ3) is 3.79. The summed E-state index contributed by atoms with van der Waals surface area (Å²) in [6.45, 7) is 7.67. The lowest BCUT2D eigenvalue weighted by Crippen LogP contribution is -2.40. The third-order valence-electron chi connectivity index (χ3n) is 4.93. The lowest BCUT2D eigenvalue weighted by molar-refractivity contribution is 0.0919. The number of aryl methyl sites for hydroxylation is 1. The summed E-state index contributed by atoms with van der Waals surface area (Å²) in [6, 6.07) is 18.8. The number of hydrogen-bond donors (Lipinski definition) is 2. The summed E-state index contributed by atoms with van der Waals surface area (Å²) >= 11 is 0. The van der Waals surface area contributed by atoms with Crippen molar-refractivity contribution in [1.29, 1.82) is 0 Å². The number of rotatable bonds is 3. The van der Waals surface area contributed by atoms with Crippen LogP contribution in [0, 0.1) is 6.92 Å². The Morgan fingerprint density at radius 2 is 1.53 bits per heavy atom. The van der Waals surface area contributed by atoms with E-state index in [2.05, 4.69) is 10.6 Å². The number of fused-ring (bicyclic) bond motifs is 3. The molecule has 2 N–H and O–H groups in total. The van der Waals surface area contributed by atoms with Crippen LogP contribution in [0.5, 0.6) is 0 Å². The number of anilines is 1. The fraction of sp³-hybridized carbons (Fsp3) is 0.200. The Morgan fingerprint density at radius 1 is 0.833 bits per heavy atom. The minimum Gasteiger partial charge on any atom is -0.450 e. The van der Waals surface area contributed by atoms with Gasteiger partial charge in [-0.15, -0.1) is 0 Å². The van der Waals surface area contributed by atoms with Crippen molar-refractivity contribution in [3.63, 3.8) is 0 Å². The molecule has 4 aromatic rings. The Hall–Kier alpha value is -3.60. The molecule has 0 aliphatic carbocycles. The maximum absolute atomic E-state index is 12.9. The fourth-order valence-electron chi connectivity index (χ4n) is 3.47. The van der Waals surface area contributed by atoms with Crippen LogP contribution in [0.1, 0.15) is 47.2 Å². The van der Waals surface area contributed by atoms with E-state index < -0.39 is 0 Å². The lowest BCUT2D eigenvalue weighted by atomic mass is 10.1. The summed E-state index contributed by atoms with van der Waals surface area (Å²) in [6.07, 6.45) is 0. The normalized spacial score (nSPS) is 11.6. The molecule has 0 aliphatic rings. The van der Waals surface area contributed by atoms with Crippen molar-refractivity contribution < 1.29 is 14.0 Å². The van der Waals surface area contributed by atoms with Crippen molar-refractivity contribution in [2.24, 2.45) is 0 Å². The summed E-state index contributed by atoms with van der Waals surface area (Å²) in [5, 5.41) is 8.74. The number of furan rings is 1. The van der Waals surface area contributed by atoms with E-state index in [1.165, 1.54) is 0 Å². The van der Waals surface area contributed by atoms with E-state index in [-0.39, 0.29) is 23.1 Å². The molecule has 0 aliphatic heterocycles. The van der Waals surface area contributed by atoms with Gasteiger partial charge in [0.2, 0.25) is 0 Å². The van der Waals surface area contributed by atoms with E-state index in [9.17, 15) is 9.59 Å². The first-order valence-electron chi connectivity index (χ1n) is 9.88. The first-order chi connectivity index (χ1) is 14.2. The van der Waals surface area contributed by atoms with Crippen LogP contribution in [0.4, 0.5) is 5.69 Å². The van der Waals surface area contributed by atoms with E-state index in [1.54, 1.807) is 24.3 Å². The largest absolute Gasteiger partial charge is 0.450 e. The van der Waals surface area contributed by atoms with Gasteiger partial charge in [0.15, 0.2) is 5.76 Å². The maximum Gasteiger partial charge on any atom is 0.291 e.